The van der Waals surface area contributed by atoms with E-state index in [4.69, 9.17) is 9.29 Å². The first kappa shape index (κ1) is 27.6. The van der Waals surface area contributed by atoms with Crippen LogP contribution in [0.3, 0.4) is 0 Å². The maximum atomic E-state index is 13.8. The topological polar surface area (TPSA) is 63.6 Å². The Morgan fingerprint density at radius 3 is 1.62 bits per heavy atom. The second kappa shape index (κ2) is 16.4. The monoisotopic (exact) mass is 444 g/mol. The molecule has 0 aromatic rings. The van der Waals surface area contributed by atoms with Crippen molar-refractivity contribution in [2.75, 3.05) is 6.61 Å². The smallest absolute Gasteiger partial charge is 0.299 e. The number of hydrogen-bond donors (Lipinski definition) is 1. The minimum atomic E-state index is -5.34. The van der Waals surface area contributed by atoms with Crippen LogP contribution in [0.1, 0.15) is 84.0 Å². The van der Waals surface area contributed by atoms with E-state index in [0.717, 1.165) is 25.7 Å². The third kappa shape index (κ3) is 12.7. The number of hydrogen-bond acceptors (Lipinski definition) is 3. The van der Waals surface area contributed by atoms with Crippen LogP contribution < -0.4 is 0 Å². The van der Waals surface area contributed by atoms with Crippen molar-refractivity contribution >= 4 is 10.1 Å². The molecule has 0 heterocycles. The highest BCUT2D eigenvalue weighted by Crippen LogP contribution is 2.27. The fraction of sp³-hybridized carbons (Fsp3) is 0.700. The van der Waals surface area contributed by atoms with Crippen molar-refractivity contribution in [2.45, 2.75) is 84.0 Å². The lowest BCUT2D eigenvalue weighted by atomic mass is 10.1. The van der Waals surface area contributed by atoms with E-state index in [1.54, 1.807) is 0 Å². The number of ether oxygens (including phenoxy) is 1. The second-order valence-electron chi connectivity index (χ2n) is 6.79. The van der Waals surface area contributed by atoms with Crippen molar-refractivity contribution in [3.63, 3.8) is 0 Å². The Morgan fingerprint density at radius 2 is 1.24 bits per heavy atom. The molecule has 0 spiro atoms. The van der Waals surface area contributed by atoms with Gasteiger partial charge in [0.2, 0.25) is 5.83 Å². The van der Waals surface area contributed by atoms with Crippen molar-refractivity contribution < 1.29 is 35.3 Å². The first-order valence-corrected chi connectivity index (χ1v) is 11.5. The van der Waals surface area contributed by atoms with E-state index in [1.165, 1.54) is 44.9 Å². The highest BCUT2D eigenvalue weighted by atomic mass is 32.2. The van der Waals surface area contributed by atoms with E-state index < -0.39 is 45.1 Å². The van der Waals surface area contributed by atoms with Gasteiger partial charge < -0.3 is 4.74 Å². The largest absolute Gasteiger partial charge is 0.488 e. The molecule has 0 fully saturated rings. The highest BCUT2D eigenvalue weighted by Gasteiger charge is 2.26. The van der Waals surface area contributed by atoms with Crippen molar-refractivity contribution in [3.05, 3.63) is 35.0 Å². The standard InChI is InChI=1S/C20H32F4O4S/c1-2-3-4-5-6-7-8-9-10-11-12-13-14-28-17(15-21)19(23)20(24)18(16-22)29(25,26)27/h15-16H,2-14H2,1H3,(H,25,26,27)/b17-15-,18-16-,20-19-. The van der Waals surface area contributed by atoms with E-state index in [2.05, 4.69) is 6.92 Å². The van der Waals surface area contributed by atoms with Crippen molar-refractivity contribution in [3.8, 4) is 0 Å². The average molecular weight is 445 g/mol. The van der Waals surface area contributed by atoms with Gasteiger partial charge in [-0.3, -0.25) is 4.55 Å². The third-order valence-electron chi connectivity index (χ3n) is 4.36. The van der Waals surface area contributed by atoms with Gasteiger partial charge in [-0.1, -0.05) is 77.6 Å². The molecular formula is C20H32F4O4S. The first-order chi connectivity index (χ1) is 13.8. The molecule has 0 radical (unpaired) electrons. The Kier molecular flexibility index (Phi) is 15.7. The van der Waals surface area contributed by atoms with Crippen LogP contribution in [0.2, 0.25) is 0 Å². The molecule has 0 saturated heterocycles. The quantitative estimate of drug-likeness (QED) is 0.0836. The molecule has 0 unspecified atom stereocenters. The Balaban J connectivity index is 4.07. The molecule has 0 aromatic carbocycles. The molecule has 0 atom stereocenters. The Morgan fingerprint density at radius 1 is 0.793 bits per heavy atom. The molecule has 29 heavy (non-hydrogen) atoms. The van der Waals surface area contributed by atoms with Crippen molar-refractivity contribution in [1.29, 1.82) is 0 Å². The molecule has 0 aromatic heterocycles. The van der Waals surface area contributed by atoms with Gasteiger partial charge in [-0.15, -0.1) is 0 Å². The summed E-state index contributed by atoms with van der Waals surface area (Å²) in [7, 11) is -5.34. The summed E-state index contributed by atoms with van der Waals surface area (Å²) in [4.78, 5) is -1.94. The maximum Gasteiger partial charge on any atom is 0.299 e. The number of allylic oxidation sites excluding steroid dienone is 2. The van der Waals surface area contributed by atoms with E-state index >= 15 is 0 Å². The van der Waals surface area contributed by atoms with Crippen LogP contribution >= 0.6 is 0 Å². The molecule has 9 heteroatoms. The summed E-state index contributed by atoms with van der Waals surface area (Å²) < 4.78 is 87.4. The maximum absolute atomic E-state index is 13.8. The summed E-state index contributed by atoms with van der Waals surface area (Å²) in [6, 6.07) is 0. The predicted molar refractivity (Wildman–Crippen MR) is 106 cm³/mol. The molecule has 0 rings (SSSR count). The fourth-order valence-corrected chi connectivity index (χ4v) is 3.13. The molecule has 0 aliphatic rings. The molecular weight excluding hydrogens is 412 g/mol. The molecule has 4 nitrogen and oxygen atoms in total. The van der Waals surface area contributed by atoms with E-state index in [9.17, 15) is 26.0 Å². The van der Waals surface area contributed by atoms with Gasteiger partial charge in [-0.05, 0) is 6.42 Å². The third-order valence-corrected chi connectivity index (χ3v) is 5.18. The highest BCUT2D eigenvalue weighted by molar-refractivity contribution is 7.90. The second-order valence-corrected chi connectivity index (χ2v) is 8.18. The number of rotatable bonds is 17. The van der Waals surface area contributed by atoms with Crippen LogP contribution in [-0.2, 0) is 14.9 Å². The van der Waals surface area contributed by atoms with Crippen LogP contribution in [-0.4, -0.2) is 19.6 Å². The predicted octanol–water partition coefficient (Wildman–Crippen LogP) is 7.36. The number of unbranched alkanes of at least 4 members (excludes halogenated alkanes) is 11. The van der Waals surface area contributed by atoms with Crippen LogP contribution in [0.15, 0.2) is 35.0 Å². The molecule has 0 aliphatic heterocycles. The molecule has 170 valence electrons. The summed E-state index contributed by atoms with van der Waals surface area (Å²) in [5.74, 6) is -5.52. The van der Waals surface area contributed by atoms with Crippen LogP contribution in [0, 0.1) is 0 Å². The van der Waals surface area contributed by atoms with Gasteiger partial charge in [0.05, 0.1) is 6.61 Å². The van der Waals surface area contributed by atoms with Gasteiger partial charge in [0.15, 0.2) is 16.5 Å². The average Bonchev–Trinajstić information content (AvgIpc) is 2.67. The summed E-state index contributed by atoms with van der Waals surface area (Å²) in [6.45, 7) is 2.07. The van der Waals surface area contributed by atoms with Crippen LogP contribution in [0.25, 0.3) is 0 Å². The zero-order chi connectivity index (χ0) is 22.1. The van der Waals surface area contributed by atoms with E-state index in [0.29, 0.717) is 6.42 Å². The zero-order valence-electron chi connectivity index (χ0n) is 16.9. The SMILES string of the molecule is CCCCCCCCCCCCCCOC(=C\F)/C(F)=C(F)\C(=C\F)S(=O)(=O)O. The lowest BCUT2D eigenvalue weighted by molar-refractivity contribution is 0.194. The molecule has 0 aliphatic carbocycles. The lowest BCUT2D eigenvalue weighted by Gasteiger charge is -2.09. The minimum absolute atomic E-state index is 0.117. The Hall–Kier alpha value is -1.35. The lowest BCUT2D eigenvalue weighted by Crippen LogP contribution is -2.05. The van der Waals surface area contributed by atoms with Crippen molar-refractivity contribution in [2.24, 2.45) is 0 Å². The first-order valence-electron chi connectivity index (χ1n) is 10.1. The molecule has 0 amide bonds. The van der Waals surface area contributed by atoms with Gasteiger partial charge >= 0.3 is 0 Å². The Bertz CT molecular complexity index is 643. The van der Waals surface area contributed by atoms with E-state index in [1.807, 2.05) is 0 Å². The van der Waals surface area contributed by atoms with Gasteiger partial charge in [0, 0.05) is 0 Å². The van der Waals surface area contributed by atoms with Crippen LogP contribution in [0.4, 0.5) is 17.6 Å². The van der Waals surface area contributed by atoms with Gasteiger partial charge in [0.25, 0.3) is 10.1 Å². The zero-order valence-corrected chi connectivity index (χ0v) is 17.8. The summed E-state index contributed by atoms with van der Waals surface area (Å²) in [5, 5.41) is 0. The van der Waals surface area contributed by atoms with Gasteiger partial charge in [-0.25, -0.2) is 13.2 Å². The summed E-state index contributed by atoms with van der Waals surface area (Å²) >= 11 is 0. The summed E-state index contributed by atoms with van der Waals surface area (Å²) in [6.07, 6.45) is 11.9. The normalized spacial score (nSPS) is 14.1. The summed E-state index contributed by atoms with van der Waals surface area (Å²) in [5.41, 5.74) is 0. The van der Waals surface area contributed by atoms with Gasteiger partial charge in [-0.2, -0.15) is 12.8 Å². The number of halogens is 4. The fourth-order valence-electron chi connectivity index (χ4n) is 2.70. The van der Waals surface area contributed by atoms with Crippen molar-refractivity contribution in [1.82, 2.24) is 0 Å². The molecule has 1 N–H and O–H groups in total. The van der Waals surface area contributed by atoms with E-state index in [-0.39, 0.29) is 6.61 Å². The molecule has 0 saturated carbocycles. The minimum Gasteiger partial charge on any atom is -0.488 e. The Labute approximate surface area is 171 Å². The van der Waals surface area contributed by atoms with Crippen LogP contribution in [0.5, 0.6) is 0 Å². The van der Waals surface area contributed by atoms with Gasteiger partial charge in [0.1, 0.15) is 12.7 Å². The molecule has 0 bridgehead atoms.